The number of aromatic amines is 1. The predicted octanol–water partition coefficient (Wildman–Crippen LogP) is 1.95. The molecule has 10 heteroatoms. The van der Waals surface area contributed by atoms with Crippen molar-refractivity contribution in [3.8, 4) is 0 Å². The molecule has 172 valence electrons. The molecule has 32 heavy (non-hydrogen) atoms. The summed E-state index contributed by atoms with van der Waals surface area (Å²) < 4.78 is 14.0. The summed E-state index contributed by atoms with van der Waals surface area (Å²) in [6.45, 7) is 6.76. The molecule has 4 N–H and O–H groups in total. The number of nitrogens with one attached hydrogen (secondary N) is 4. The maximum absolute atomic E-state index is 14.0. The molecule has 0 saturated carbocycles. The number of carbonyl (C=O) groups is 4. The van der Waals surface area contributed by atoms with Gasteiger partial charge >= 0.3 is 0 Å². The molecule has 0 spiro atoms. The van der Waals surface area contributed by atoms with Gasteiger partial charge in [-0.1, -0.05) is 31.8 Å². The Balaban J connectivity index is 1.73. The second-order valence-electron chi connectivity index (χ2n) is 9.44. The van der Waals surface area contributed by atoms with Crippen LogP contribution in [0.5, 0.6) is 0 Å². The Morgan fingerprint density at radius 1 is 1.28 bits per heavy atom. The van der Waals surface area contributed by atoms with E-state index in [1.165, 1.54) is 12.1 Å². The van der Waals surface area contributed by atoms with Gasteiger partial charge in [0.1, 0.15) is 23.8 Å². The predicted molar refractivity (Wildman–Crippen MR) is 121 cm³/mol. The standard InChI is InChI=1S/C22H29FN4O4Si/c1-32(2,3)12-18(22(31)25-15(11-28)9-14-7-8-24-20(14)29)27-21(30)17-10-13-5-4-6-16(23)19(13)26-17/h4-6,10-11,14-15,18,26H,7-9,12H2,1-3H3,(H,24,29)(H,25,31)(H,27,30)/t14-,15-,18-/m0/s1. The summed E-state index contributed by atoms with van der Waals surface area (Å²) in [5.41, 5.74) is 0.368. The van der Waals surface area contributed by atoms with Crippen LogP contribution in [0, 0.1) is 11.7 Å². The normalized spacial score (nSPS) is 18.1. The first-order valence-electron chi connectivity index (χ1n) is 10.7. The molecule has 2 aromatic rings. The van der Waals surface area contributed by atoms with Crippen molar-refractivity contribution in [1.82, 2.24) is 20.9 Å². The van der Waals surface area contributed by atoms with Crippen molar-refractivity contribution >= 4 is 43.0 Å². The minimum absolute atomic E-state index is 0.121. The van der Waals surface area contributed by atoms with Gasteiger partial charge in [0.15, 0.2) is 0 Å². The van der Waals surface area contributed by atoms with E-state index in [-0.39, 0.29) is 29.5 Å². The maximum atomic E-state index is 14.0. The van der Waals surface area contributed by atoms with E-state index >= 15 is 0 Å². The first kappa shape index (κ1) is 23.6. The van der Waals surface area contributed by atoms with Crippen molar-refractivity contribution in [2.24, 2.45) is 5.92 Å². The van der Waals surface area contributed by atoms with Gasteiger partial charge < -0.3 is 25.7 Å². The lowest BCUT2D eigenvalue weighted by Crippen LogP contribution is -2.52. The van der Waals surface area contributed by atoms with Gasteiger partial charge in [0.2, 0.25) is 11.8 Å². The number of H-pyrrole nitrogens is 1. The number of fused-ring (bicyclic) bond motifs is 1. The molecule has 1 aliphatic heterocycles. The number of aromatic nitrogens is 1. The van der Waals surface area contributed by atoms with Crippen LogP contribution in [-0.2, 0) is 14.4 Å². The summed E-state index contributed by atoms with van der Waals surface area (Å²) in [6.07, 6.45) is 1.46. The SMILES string of the molecule is C[Si](C)(C)C[C@H](NC(=O)c1cc2cccc(F)c2[nH]1)C(=O)N[C@H](C=O)C[C@@H]1CCNC1=O. The number of benzene rings is 1. The molecule has 0 bridgehead atoms. The number of rotatable bonds is 9. The molecule has 0 aliphatic carbocycles. The smallest absolute Gasteiger partial charge is 0.268 e. The summed E-state index contributed by atoms with van der Waals surface area (Å²) in [4.78, 5) is 52.0. The fourth-order valence-corrected chi connectivity index (χ4v) is 5.42. The number of para-hydroxylation sites is 1. The average molecular weight is 461 g/mol. The third-order valence-corrected chi connectivity index (χ3v) is 7.11. The number of hydrogen-bond donors (Lipinski definition) is 4. The number of carbonyl (C=O) groups excluding carboxylic acids is 4. The zero-order chi connectivity index (χ0) is 23.5. The second kappa shape index (κ2) is 9.64. The lowest BCUT2D eigenvalue weighted by Gasteiger charge is -2.26. The molecule has 3 rings (SSSR count). The highest BCUT2D eigenvalue weighted by Gasteiger charge is 2.32. The molecule has 2 heterocycles. The highest BCUT2D eigenvalue weighted by atomic mass is 28.3. The van der Waals surface area contributed by atoms with E-state index in [1.54, 1.807) is 12.1 Å². The zero-order valence-electron chi connectivity index (χ0n) is 18.5. The lowest BCUT2D eigenvalue weighted by molar-refractivity contribution is -0.127. The highest BCUT2D eigenvalue weighted by Crippen LogP contribution is 2.20. The van der Waals surface area contributed by atoms with E-state index in [1.807, 2.05) is 0 Å². The van der Waals surface area contributed by atoms with Crippen molar-refractivity contribution in [2.75, 3.05) is 6.54 Å². The third-order valence-electron chi connectivity index (χ3n) is 5.48. The molecule has 1 aliphatic rings. The molecular weight excluding hydrogens is 431 g/mol. The molecule has 3 amide bonds. The fourth-order valence-electron chi connectivity index (χ4n) is 3.91. The van der Waals surface area contributed by atoms with Crippen LogP contribution in [0.1, 0.15) is 23.3 Å². The minimum atomic E-state index is -1.80. The van der Waals surface area contributed by atoms with E-state index in [0.717, 1.165) is 0 Å². The second-order valence-corrected chi connectivity index (χ2v) is 15.0. The van der Waals surface area contributed by atoms with Crippen LogP contribution in [0.4, 0.5) is 4.39 Å². The number of amides is 3. The Bertz CT molecular complexity index is 1030. The molecule has 1 saturated heterocycles. The molecule has 3 atom stereocenters. The summed E-state index contributed by atoms with van der Waals surface area (Å²) in [6, 6.07) is 4.85. The van der Waals surface area contributed by atoms with Crippen LogP contribution >= 0.6 is 0 Å². The van der Waals surface area contributed by atoms with Crippen LogP contribution in [-0.4, -0.2) is 55.7 Å². The minimum Gasteiger partial charge on any atom is -0.356 e. The van der Waals surface area contributed by atoms with E-state index in [2.05, 4.69) is 40.6 Å². The Morgan fingerprint density at radius 2 is 2.03 bits per heavy atom. The van der Waals surface area contributed by atoms with Gasteiger partial charge in [0.25, 0.3) is 5.91 Å². The molecule has 1 fully saturated rings. The first-order valence-corrected chi connectivity index (χ1v) is 14.4. The van der Waals surface area contributed by atoms with Gasteiger partial charge in [-0.25, -0.2) is 4.39 Å². The fraction of sp³-hybridized carbons (Fsp3) is 0.455. The Kier molecular flexibility index (Phi) is 7.12. The van der Waals surface area contributed by atoms with Gasteiger partial charge in [-0.15, -0.1) is 0 Å². The van der Waals surface area contributed by atoms with E-state index < -0.39 is 37.8 Å². The van der Waals surface area contributed by atoms with Crippen molar-refractivity contribution in [2.45, 2.75) is 50.6 Å². The van der Waals surface area contributed by atoms with E-state index in [9.17, 15) is 23.6 Å². The largest absolute Gasteiger partial charge is 0.356 e. The number of hydrogen-bond acceptors (Lipinski definition) is 4. The molecule has 0 radical (unpaired) electrons. The van der Waals surface area contributed by atoms with Gasteiger partial charge in [0.05, 0.1) is 11.6 Å². The topological polar surface area (TPSA) is 120 Å². The molecule has 8 nitrogen and oxygen atoms in total. The van der Waals surface area contributed by atoms with Crippen LogP contribution in [0.25, 0.3) is 10.9 Å². The van der Waals surface area contributed by atoms with Crippen LogP contribution in [0.15, 0.2) is 24.3 Å². The summed E-state index contributed by atoms with van der Waals surface area (Å²) in [7, 11) is -1.80. The van der Waals surface area contributed by atoms with E-state index in [4.69, 9.17) is 0 Å². The van der Waals surface area contributed by atoms with Gasteiger partial charge in [-0.05, 0) is 31.0 Å². The highest BCUT2D eigenvalue weighted by molar-refractivity contribution is 6.76. The van der Waals surface area contributed by atoms with Crippen LogP contribution in [0.3, 0.4) is 0 Å². The maximum Gasteiger partial charge on any atom is 0.268 e. The van der Waals surface area contributed by atoms with Gasteiger partial charge in [0, 0.05) is 25.9 Å². The molecule has 1 aromatic carbocycles. The summed E-state index contributed by atoms with van der Waals surface area (Å²) >= 11 is 0. The molecule has 1 aromatic heterocycles. The van der Waals surface area contributed by atoms with Gasteiger partial charge in [-0.3, -0.25) is 14.4 Å². The lowest BCUT2D eigenvalue weighted by atomic mass is 9.99. The summed E-state index contributed by atoms with van der Waals surface area (Å²) in [5.74, 6) is -1.92. The van der Waals surface area contributed by atoms with Crippen molar-refractivity contribution in [3.63, 3.8) is 0 Å². The van der Waals surface area contributed by atoms with Crippen LogP contribution in [0.2, 0.25) is 25.7 Å². The molecular formula is C22H29FN4O4Si. The third kappa shape index (κ3) is 5.81. The Morgan fingerprint density at radius 3 is 2.62 bits per heavy atom. The zero-order valence-corrected chi connectivity index (χ0v) is 19.5. The number of halogens is 1. The number of aldehydes is 1. The Hall–Kier alpha value is -3.01. The monoisotopic (exact) mass is 460 g/mol. The van der Waals surface area contributed by atoms with Crippen molar-refractivity contribution < 1.29 is 23.6 Å². The van der Waals surface area contributed by atoms with Gasteiger partial charge in [-0.2, -0.15) is 0 Å². The average Bonchev–Trinajstić information content (AvgIpc) is 3.33. The van der Waals surface area contributed by atoms with Crippen molar-refractivity contribution in [3.05, 3.63) is 35.8 Å². The molecule has 0 unspecified atom stereocenters. The Labute approximate surface area is 186 Å². The first-order chi connectivity index (χ1) is 15.1. The van der Waals surface area contributed by atoms with Crippen molar-refractivity contribution in [1.29, 1.82) is 0 Å². The quantitative estimate of drug-likeness (QED) is 0.338. The van der Waals surface area contributed by atoms with E-state index in [0.29, 0.717) is 30.7 Å². The summed E-state index contributed by atoms with van der Waals surface area (Å²) in [5, 5.41) is 8.69. The van der Waals surface area contributed by atoms with Crippen LogP contribution < -0.4 is 16.0 Å².